The number of anilines is 1. The summed E-state index contributed by atoms with van der Waals surface area (Å²) in [6.07, 6.45) is 5.95. The lowest BCUT2D eigenvalue weighted by Gasteiger charge is -1.93. The summed E-state index contributed by atoms with van der Waals surface area (Å²) in [5, 5.41) is 16.2. The molecule has 3 rings (SSSR count). The van der Waals surface area contributed by atoms with E-state index in [-0.39, 0.29) is 5.71 Å². The molecule has 0 saturated heterocycles. The fourth-order valence-electron chi connectivity index (χ4n) is 2.33. The van der Waals surface area contributed by atoms with E-state index in [4.69, 9.17) is 15.9 Å². The van der Waals surface area contributed by atoms with E-state index in [2.05, 4.69) is 11.9 Å². The van der Waals surface area contributed by atoms with Crippen LogP contribution in [-0.4, -0.2) is 33.6 Å². The van der Waals surface area contributed by atoms with Gasteiger partial charge in [0.1, 0.15) is 5.71 Å². The van der Waals surface area contributed by atoms with Crippen LogP contribution < -0.4 is 5.73 Å². The number of carbonyl (C=O) groups is 3. The maximum atomic E-state index is 10.4. The number of benzene rings is 2. The van der Waals surface area contributed by atoms with Crippen LogP contribution in [0.25, 0.3) is 0 Å². The number of nitrogen functional groups attached to an aromatic ring is 1. The number of aliphatic imine (C=N–C) groups is 1. The molecule has 31 heavy (non-hydrogen) atoms. The first kappa shape index (κ1) is 27.5. The lowest BCUT2D eigenvalue weighted by Crippen LogP contribution is -2.06. The van der Waals surface area contributed by atoms with Gasteiger partial charge in [0.25, 0.3) is 0 Å². The van der Waals surface area contributed by atoms with E-state index in [0.29, 0.717) is 5.69 Å². The topological polar surface area (TPSA) is 130 Å². The summed E-state index contributed by atoms with van der Waals surface area (Å²) < 4.78 is 0. The van der Waals surface area contributed by atoms with Gasteiger partial charge >= 0.3 is 11.9 Å². The van der Waals surface area contributed by atoms with Crippen molar-refractivity contribution in [3.8, 4) is 0 Å². The zero-order valence-corrected chi connectivity index (χ0v) is 18.3. The first-order valence-electron chi connectivity index (χ1n) is 10.0. The van der Waals surface area contributed by atoms with Crippen molar-refractivity contribution in [2.75, 3.05) is 5.73 Å². The molecule has 1 aliphatic rings. The molecule has 0 radical (unpaired) electrons. The summed E-state index contributed by atoms with van der Waals surface area (Å²) in [7, 11) is 0. The Labute approximate surface area is 183 Å². The van der Waals surface area contributed by atoms with Crippen molar-refractivity contribution >= 4 is 34.8 Å². The third-order valence-electron chi connectivity index (χ3n) is 4.11. The third-order valence-corrected chi connectivity index (χ3v) is 4.11. The van der Waals surface area contributed by atoms with E-state index >= 15 is 0 Å². The van der Waals surface area contributed by atoms with Crippen molar-refractivity contribution in [1.29, 1.82) is 0 Å². The molecule has 2 aromatic carbocycles. The maximum absolute atomic E-state index is 10.4. The van der Waals surface area contributed by atoms with Crippen LogP contribution in [0.5, 0.6) is 0 Å². The summed E-state index contributed by atoms with van der Waals surface area (Å²) in [5.74, 6) is -2.14. The fraction of sp³-hybridized carbons (Fsp3) is 0.333. The number of aliphatic carboxylic acids is 2. The summed E-state index contributed by atoms with van der Waals surface area (Å²) >= 11 is 0. The molecule has 2 aromatic rings. The van der Waals surface area contributed by atoms with Gasteiger partial charge < -0.3 is 15.9 Å². The number of Topliss-reactive ketones (excluding diaryl/α,β-unsaturated/α-hetero) is 1. The molecule has 0 spiro atoms. The monoisotopic (exact) mass is 428 g/mol. The van der Waals surface area contributed by atoms with Gasteiger partial charge in [0.15, 0.2) is 0 Å². The number of hydrogen-bond acceptors (Lipinski definition) is 5. The number of carboxylic acid groups (broad SMARTS) is 2. The number of nitrogens with two attached hydrogens (primary N) is 1. The van der Waals surface area contributed by atoms with Crippen molar-refractivity contribution in [3.63, 3.8) is 0 Å². The SMILES string of the molecule is CC(=Nc1ccccc1)C(=O)O.CC(=O)C(=O)O.CC1CCCC1.Nc1ccccc1. The first-order chi connectivity index (χ1) is 14.6. The van der Waals surface area contributed by atoms with E-state index in [1.165, 1.54) is 32.6 Å². The smallest absolute Gasteiger partial charge is 0.371 e. The zero-order valence-electron chi connectivity index (χ0n) is 18.3. The highest BCUT2D eigenvalue weighted by atomic mass is 16.4. The minimum Gasteiger partial charge on any atom is -0.477 e. The Morgan fingerprint density at radius 3 is 1.52 bits per heavy atom. The third kappa shape index (κ3) is 16.0. The minimum absolute atomic E-state index is 0.0983. The number of carboxylic acids is 2. The van der Waals surface area contributed by atoms with Crippen molar-refractivity contribution in [3.05, 3.63) is 60.7 Å². The predicted octanol–water partition coefficient (Wildman–Crippen LogP) is 4.99. The maximum Gasteiger partial charge on any atom is 0.371 e. The van der Waals surface area contributed by atoms with E-state index in [9.17, 15) is 14.4 Å². The number of para-hydroxylation sites is 2. The van der Waals surface area contributed by atoms with Crippen LogP contribution in [0, 0.1) is 5.92 Å². The Balaban J connectivity index is 0.000000409. The van der Waals surface area contributed by atoms with Gasteiger partial charge in [-0.2, -0.15) is 0 Å². The second-order valence-corrected chi connectivity index (χ2v) is 7.00. The standard InChI is InChI=1S/C9H9NO2.C6H7N.C6H12.C3H4O3/c1-7(9(11)12)10-8-5-3-2-4-6-8;7-6-4-2-1-3-5-6;1-6-4-2-3-5-6;1-2(4)3(5)6/h2-6H,1H3,(H,11,12);1-5H,7H2;6H,2-5H2,1H3;1H3,(H,5,6). The Hall–Kier alpha value is -3.48. The lowest BCUT2D eigenvalue weighted by molar-refractivity contribution is -0.148. The Morgan fingerprint density at radius 1 is 0.839 bits per heavy atom. The summed E-state index contributed by atoms with van der Waals surface area (Å²) in [6.45, 7) is 4.81. The largest absolute Gasteiger partial charge is 0.477 e. The number of carbonyl (C=O) groups excluding carboxylic acids is 1. The lowest BCUT2D eigenvalue weighted by atomic mass is 10.2. The van der Waals surface area contributed by atoms with Gasteiger partial charge in [0.2, 0.25) is 5.78 Å². The van der Waals surface area contributed by atoms with E-state index in [1.54, 1.807) is 12.1 Å². The molecule has 0 aromatic heterocycles. The molecular weight excluding hydrogens is 396 g/mol. The van der Waals surface area contributed by atoms with Gasteiger partial charge in [0.05, 0.1) is 5.69 Å². The molecule has 7 heteroatoms. The predicted molar refractivity (Wildman–Crippen MR) is 124 cm³/mol. The molecule has 0 amide bonds. The molecule has 0 unspecified atom stereocenters. The van der Waals surface area contributed by atoms with Crippen LogP contribution in [0.2, 0.25) is 0 Å². The van der Waals surface area contributed by atoms with E-state index < -0.39 is 17.7 Å². The first-order valence-corrected chi connectivity index (χ1v) is 10.0. The van der Waals surface area contributed by atoms with Crippen LogP contribution in [-0.2, 0) is 14.4 Å². The quantitative estimate of drug-likeness (QED) is 0.359. The molecule has 168 valence electrons. The average Bonchev–Trinajstić information content (AvgIpc) is 3.21. The van der Waals surface area contributed by atoms with Gasteiger partial charge in [-0.05, 0) is 37.1 Å². The highest BCUT2D eigenvalue weighted by Gasteiger charge is 2.07. The van der Waals surface area contributed by atoms with E-state index in [1.807, 2.05) is 48.5 Å². The minimum atomic E-state index is -1.38. The summed E-state index contributed by atoms with van der Waals surface area (Å²) in [4.78, 5) is 33.1. The zero-order chi connectivity index (χ0) is 23.6. The van der Waals surface area contributed by atoms with Crippen LogP contribution in [0.15, 0.2) is 65.7 Å². The summed E-state index contributed by atoms with van der Waals surface area (Å²) in [6, 6.07) is 18.5. The molecule has 1 aliphatic carbocycles. The Morgan fingerprint density at radius 2 is 1.26 bits per heavy atom. The second kappa shape index (κ2) is 16.3. The van der Waals surface area contributed by atoms with Crippen LogP contribution in [0.3, 0.4) is 0 Å². The second-order valence-electron chi connectivity index (χ2n) is 7.00. The van der Waals surface area contributed by atoms with Crippen molar-refractivity contribution in [2.24, 2.45) is 10.9 Å². The van der Waals surface area contributed by atoms with Gasteiger partial charge in [-0.3, -0.25) is 4.79 Å². The van der Waals surface area contributed by atoms with Crippen molar-refractivity contribution < 1.29 is 24.6 Å². The molecule has 0 bridgehead atoms. The molecule has 0 aliphatic heterocycles. The van der Waals surface area contributed by atoms with Crippen LogP contribution >= 0.6 is 0 Å². The molecule has 0 atom stereocenters. The number of rotatable bonds is 3. The fourth-order valence-corrected chi connectivity index (χ4v) is 2.33. The molecule has 1 fully saturated rings. The molecular formula is C24H32N2O5. The Kier molecular flexibility index (Phi) is 14.5. The highest BCUT2D eigenvalue weighted by molar-refractivity contribution is 6.35. The normalized spacial score (nSPS) is 12.7. The average molecular weight is 429 g/mol. The van der Waals surface area contributed by atoms with Gasteiger partial charge in [0, 0.05) is 12.6 Å². The van der Waals surface area contributed by atoms with Crippen molar-refractivity contribution in [1.82, 2.24) is 0 Å². The van der Waals surface area contributed by atoms with Gasteiger partial charge in [-0.1, -0.05) is 69.0 Å². The summed E-state index contributed by atoms with van der Waals surface area (Å²) in [5.41, 5.74) is 6.94. The van der Waals surface area contributed by atoms with E-state index in [0.717, 1.165) is 18.5 Å². The van der Waals surface area contributed by atoms with Crippen LogP contribution in [0.4, 0.5) is 11.4 Å². The van der Waals surface area contributed by atoms with Crippen molar-refractivity contribution in [2.45, 2.75) is 46.5 Å². The molecule has 7 nitrogen and oxygen atoms in total. The number of nitrogens with zero attached hydrogens (tertiary/aromatic N) is 1. The highest BCUT2D eigenvalue weighted by Crippen LogP contribution is 2.22. The molecule has 0 heterocycles. The number of hydrogen-bond donors (Lipinski definition) is 3. The number of ketones is 1. The molecule has 1 saturated carbocycles. The van der Waals surface area contributed by atoms with Gasteiger partial charge in [-0.25, -0.2) is 14.6 Å². The van der Waals surface area contributed by atoms with Crippen LogP contribution in [0.1, 0.15) is 46.5 Å². The van der Waals surface area contributed by atoms with Gasteiger partial charge in [-0.15, -0.1) is 0 Å². The Bertz CT molecular complexity index is 802. The molecule has 4 N–H and O–H groups in total.